The van der Waals surface area contributed by atoms with Crippen molar-refractivity contribution in [3.05, 3.63) is 46.6 Å². The van der Waals surface area contributed by atoms with Crippen LogP contribution >= 0.6 is 11.6 Å². The Balaban J connectivity index is 1.55. The number of piperidine rings is 1. The van der Waals surface area contributed by atoms with Crippen LogP contribution < -0.4 is 9.62 Å². The molecule has 10 heteroatoms. The lowest BCUT2D eigenvalue weighted by atomic mass is 9.97. The maximum Gasteiger partial charge on any atom is 0.339 e. The van der Waals surface area contributed by atoms with Crippen LogP contribution in [0.3, 0.4) is 0 Å². The lowest BCUT2D eigenvalue weighted by Gasteiger charge is -2.36. The van der Waals surface area contributed by atoms with Gasteiger partial charge in [0.2, 0.25) is 0 Å². The number of sulfonamides is 1. The summed E-state index contributed by atoms with van der Waals surface area (Å²) in [5.74, 6) is -0.293. The summed E-state index contributed by atoms with van der Waals surface area (Å²) in [6.07, 6.45) is 5.96. The lowest BCUT2D eigenvalue weighted by molar-refractivity contribution is 0.0697. The third-order valence-corrected chi connectivity index (χ3v) is 8.33. The minimum atomic E-state index is -3.96. The molecule has 0 unspecified atom stereocenters. The summed E-state index contributed by atoms with van der Waals surface area (Å²) in [6, 6.07) is 5.97. The number of halogens is 1. The first-order chi connectivity index (χ1) is 15.7. The van der Waals surface area contributed by atoms with E-state index in [1.807, 2.05) is 4.90 Å². The van der Waals surface area contributed by atoms with Crippen LogP contribution in [0.1, 0.15) is 41.6 Å². The van der Waals surface area contributed by atoms with Crippen LogP contribution in [0.2, 0.25) is 5.02 Å². The quantitative estimate of drug-likeness (QED) is 0.605. The number of hydrogen-bond donors (Lipinski definition) is 2. The highest BCUT2D eigenvalue weighted by Crippen LogP contribution is 2.29. The van der Waals surface area contributed by atoms with Crippen LogP contribution in [0.5, 0.6) is 0 Å². The van der Waals surface area contributed by atoms with Crippen LogP contribution in [0.4, 0.5) is 11.5 Å². The molecule has 0 bridgehead atoms. The highest BCUT2D eigenvalue weighted by molar-refractivity contribution is 7.92. The van der Waals surface area contributed by atoms with Crippen molar-refractivity contribution >= 4 is 39.1 Å². The van der Waals surface area contributed by atoms with Crippen molar-refractivity contribution in [1.82, 2.24) is 9.88 Å². The molecule has 1 aromatic heterocycles. The second-order valence-electron chi connectivity index (χ2n) is 8.83. The van der Waals surface area contributed by atoms with Gasteiger partial charge >= 0.3 is 5.97 Å². The number of carboxylic acids is 1. The topological polar surface area (TPSA) is 103 Å². The Morgan fingerprint density at radius 2 is 2.00 bits per heavy atom. The Morgan fingerprint density at radius 3 is 2.73 bits per heavy atom. The van der Waals surface area contributed by atoms with Gasteiger partial charge in [-0.2, -0.15) is 0 Å². The lowest BCUT2D eigenvalue weighted by Crippen LogP contribution is -2.41. The second kappa shape index (κ2) is 9.87. The number of hydrogen-bond acceptors (Lipinski definition) is 6. The number of likely N-dealkylation sites (tertiary alicyclic amines) is 1. The van der Waals surface area contributed by atoms with E-state index in [1.54, 1.807) is 19.1 Å². The van der Waals surface area contributed by atoms with E-state index >= 15 is 0 Å². The molecule has 0 saturated carbocycles. The number of nitrogens with one attached hydrogen (secondary N) is 1. The second-order valence-corrected chi connectivity index (χ2v) is 10.9. The van der Waals surface area contributed by atoms with E-state index in [2.05, 4.69) is 14.6 Å². The highest BCUT2D eigenvalue weighted by atomic mass is 35.5. The molecule has 2 fully saturated rings. The minimum Gasteiger partial charge on any atom is -0.478 e. The molecule has 33 heavy (non-hydrogen) atoms. The minimum absolute atomic E-state index is 0.0140. The number of carboxylic acid groups (broad SMARTS) is 1. The van der Waals surface area contributed by atoms with Crippen molar-refractivity contribution in [3.8, 4) is 0 Å². The zero-order valence-electron chi connectivity index (χ0n) is 18.6. The third kappa shape index (κ3) is 5.42. The first-order valence-corrected chi connectivity index (χ1v) is 13.1. The Kier molecular flexibility index (Phi) is 7.11. The predicted molar refractivity (Wildman–Crippen MR) is 129 cm³/mol. The molecule has 2 aromatic rings. The van der Waals surface area contributed by atoms with Crippen LogP contribution in [-0.4, -0.2) is 62.1 Å². The van der Waals surface area contributed by atoms with E-state index in [9.17, 15) is 18.3 Å². The number of aromatic nitrogens is 1. The smallest absolute Gasteiger partial charge is 0.339 e. The summed E-state index contributed by atoms with van der Waals surface area (Å²) in [5, 5.41) is 10.2. The van der Waals surface area contributed by atoms with Crippen molar-refractivity contribution in [3.63, 3.8) is 0 Å². The monoisotopic (exact) mass is 492 g/mol. The summed E-state index contributed by atoms with van der Waals surface area (Å²) >= 11 is 6.07. The van der Waals surface area contributed by atoms with E-state index in [4.69, 9.17) is 11.6 Å². The summed E-state index contributed by atoms with van der Waals surface area (Å²) in [4.78, 5) is 21.0. The highest BCUT2D eigenvalue weighted by Gasteiger charge is 2.27. The molecule has 2 aliphatic rings. The number of aromatic carboxylic acids is 1. The van der Waals surface area contributed by atoms with Crippen LogP contribution in [0.15, 0.2) is 35.4 Å². The zero-order chi connectivity index (χ0) is 23.6. The molecule has 1 aromatic carbocycles. The van der Waals surface area contributed by atoms with Gasteiger partial charge in [-0.25, -0.2) is 18.2 Å². The first kappa shape index (κ1) is 23.8. The fourth-order valence-electron chi connectivity index (χ4n) is 4.75. The molecule has 3 heterocycles. The van der Waals surface area contributed by atoms with Crippen molar-refractivity contribution < 1.29 is 18.3 Å². The number of rotatable bonds is 7. The van der Waals surface area contributed by atoms with Gasteiger partial charge in [0.1, 0.15) is 11.4 Å². The fraction of sp³-hybridized carbons (Fsp3) is 0.478. The Hall–Kier alpha value is -2.36. The first-order valence-electron chi connectivity index (χ1n) is 11.2. The number of nitrogens with zero attached hydrogens (tertiary/aromatic N) is 3. The molecule has 1 atom stereocenters. The number of carbonyl (C=O) groups is 1. The van der Waals surface area contributed by atoms with E-state index in [1.165, 1.54) is 31.2 Å². The molecule has 0 radical (unpaired) electrons. The number of anilines is 2. The Bertz CT molecular complexity index is 1140. The van der Waals surface area contributed by atoms with E-state index in [0.717, 1.165) is 45.6 Å². The Morgan fingerprint density at radius 1 is 1.24 bits per heavy atom. The molecular formula is C23H29ClN4O4S. The molecule has 2 aliphatic heterocycles. The van der Waals surface area contributed by atoms with Crippen LogP contribution in [0.25, 0.3) is 0 Å². The van der Waals surface area contributed by atoms with Gasteiger partial charge in [0.15, 0.2) is 0 Å². The molecule has 178 valence electrons. The Labute approximate surface area is 199 Å². The normalized spacial score (nSPS) is 19.6. The molecule has 8 nitrogen and oxygen atoms in total. The van der Waals surface area contributed by atoms with Gasteiger partial charge in [-0.05, 0) is 75.4 Å². The fourth-order valence-corrected chi connectivity index (χ4v) is 6.28. The van der Waals surface area contributed by atoms with Crippen LogP contribution in [-0.2, 0) is 10.0 Å². The van der Waals surface area contributed by atoms with Gasteiger partial charge in [-0.1, -0.05) is 17.7 Å². The van der Waals surface area contributed by atoms with Crippen molar-refractivity contribution in [2.75, 3.05) is 42.3 Å². The van der Waals surface area contributed by atoms with E-state index < -0.39 is 16.0 Å². The predicted octanol–water partition coefficient (Wildman–Crippen LogP) is 3.85. The standard InChI is InChI=1S/C23H29ClN4O4S/c1-16-20(24)7-4-8-21(16)33(31,32)26-18-12-19(23(29)30)22(25-13-18)28-11-5-6-17(15-28)14-27-9-2-3-10-27/h4,7-8,12-13,17,26H,2-3,5-6,9-11,14-15H2,1H3,(H,29,30)/t17-/m1/s1. The molecule has 2 saturated heterocycles. The molecule has 0 spiro atoms. The van der Waals surface area contributed by atoms with Crippen molar-refractivity contribution in [2.45, 2.75) is 37.5 Å². The van der Waals surface area contributed by atoms with Gasteiger partial charge < -0.3 is 14.9 Å². The maximum atomic E-state index is 12.9. The van der Waals surface area contributed by atoms with Crippen molar-refractivity contribution in [2.24, 2.45) is 5.92 Å². The molecule has 0 amide bonds. The average molecular weight is 493 g/mol. The van der Waals surface area contributed by atoms with Gasteiger partial charge in [-0.3, -0.25) is 4.72 Å². The SMILES string of the molecule is Cc1c(Cl)cccc1S(=O)(=O)Nc1cnc(N2CCC[C@H](CN3CCCC3)C2)c(C(=O)O)c1. The van der Waals surface area contributed by atoms with Gasteiger partial charge in [0.05, 0.1) is 16.8 Å². The third-order valence-electron chi connectivity index (χ3n) is 6.39. The van der Waals surface area contributed by atoms with E-state index in [-0.39, 0.29) is 16.1 Å². The average Bonchev–Trinajstić information content (AvgIpc) is 3.28. The molecular weight excluding hydrogens is 464 g/mol. The van der Waals surface area contributed by atoms with E-state index in [0.29, 0.717) is 22.3 Å². The summed E-state index contributed by atoms with van der Waals surface area (Å²) in [5.41, 5.74) is 0.507. The molecule has 2 N–H and O–H groups in total. The van der Waals surface area contributed by atoms with Crippen molar-refractivity contribution in [1.29, 1.82) is 0 Å². The number of benzene rings is 1. The van der Waals surface area contributed by atoms with Crippen LogP contribution in [0, 0.1) is 12.8 Å². The maximum absolute atomic E-state index is 12.9. The van der Waals surface area contributed by atoms with Gasteiger partial charge in [-0.15, -0.1) is 0 Å². The summed E-state index contributed by atoms with van der Waals surface area (Å²) < 4.78 is 28.2. The zero-order valence-corrected chi connectivity index (χ0v) is 20.2. The van der Waals surface area contributed by atoms with Gasteiger partial charge in [0.25, 0.3) is 10.0 Å². The molecule has 0 aliphatic carbocycles. The summed E-state index contributed by atoms with van der Waals surface area (Å²) in [7, 11) is -3.96. The number of pyridine rings is 1. The largest absolute Gasteiger partial charge is 0.478 e. The van der Waals surface area contributed by atoms with Gasteiger partial charge in [0, 0.05) is 24.7 Å². The summed E-state index contributed by atoms with van der Waals surface area (Å²) in [6.45, 7) is 6.39. The molecule has 4 rings (SSSR count).